The Labute approximate surface area is 114 Å². The van der Waals surface area contributed by atoms with Crippen LogP contribution in [0.3, 0.4) is 0 Å². The molecule has 1 amide bonds. The van der Waals surface area contributed by atoms with Crippen LogP contribution in [0, 0.1) is 5.92 Å². The third kappa shape index (κ3) is 2.98. The highest BCUT2D eigenvalue weighted by atomic mass is 16.2. The van der Waals surface area contributed by atoms with Gasteiger partial charge in [0.15, 0.2) is 0 Å². The minimum absolute atomic E-state index is 0.215. The Morgan fingerprint density at radius 2 is 1.74 bits per heavy atom. The molecular formula is C16H22N2O. The van der Waals surface area contributed by atoms with Crippen LogP contribution in [-0.2, 0) is 4.79 Å². The molecule has 2 aliphatic rings. The first-order chi connectivity index (χ1) is 9.33. The van der Waals surface area contributed by atoms with Crippen molar-refractivity contribution >= 4 is 5.91 Å². The first-order valence-electron chi connectivity index (χ1n) is 7.39. The van der Waals surface area contributed by atoms with Gasteiger partial charge in [0, 0.05) is 19.1 Å². The van der Waals surface area contributed by atoms with E-state index in [-0.39, 0.29) is 11.8 Å². The summed E-state index contributed by atoms with van der Waals surface area (Å²) in [4.78, 5) is 11.9. The lowest BCUT2D eigenvalue weighted by Crippen LogP contribution is -2.53. The number of amides is 1. The Kier molecular flexibility index (Phi) is 3.83. The quantitative estimate of drug-likeness (QED) is 0.871. The van der Waals surface area contributed by atoms with Gasteiger partial charge in [-0.15, -0.1) is 0 Å². The van der Waals surface area contributed by atoms with Crippen molar-refractivity contribution in [3.8, 4) is 0 Å². The fourth-order valence-electron chi connectivity index (χ4n) is 3.09. The first kappa shape index (κ1) is 12.7. The van der Waals surface area contributed by atoms with E-state index in [1.807, 2.05) is 0 Å². The maximum absolute atomic E-state index is 11.9. The Bertz CT molecular complexity index is 420. The van der Waals surface area contributed by atoms with Gasteiger partial charge < -0.3 is 10.6 Å². The van der Waals surface area contributed by atoms with Gasteiger partial charge in [0.25, 0.3) is 0 Å². The highest BCUT2D eigenvalue weighted by Gasteiger charge is 2.28. The molecule has 0 spiro atoms. The van der Waals surface area contributed by atoms with Gasteiger partial charge in [-0.25, -0.2) is 0 Å². The van der Waals surface area contributed by atoms with Gasteiger partial charge in [-0.2, -0.15) is 0 Å². The summed E-state index contributed by atoms with van der Waals surface area (Å²) >= 11 is 0. The van der Waals surface area contributed by atoms with Crippen LogP contribution < -0.4 is 10.6 Å². The van der Waals surface area contributed by atoms with Crippen LogP contribution in [0.25, 0.3) is 0 Å². The van der Waals surface area contributed by atoms with Gasteiger partial charge in [-0.05, 0) is 37.2 Å². The summed E-state index contributed by atoms with van der Waals surface area (Å²) in [6.45, 7) is 1.70. The molecule has 1 saturated carbocycles. The van der Waals surface area contributed by atoms with Crippen LogP contribution in [0.15, 0.2) is 30.3 Å². The van der Waals surface area contributed by atoms with Crippen LogP contribution >= 0.6 is 0 Å². The third-order valence-corrected chi connectivity index (χ3v) is 4.50. The Hall–Kier alpha value is -1.35. The smallest absolute Gasteiger partial charge is 0.225 e. The maximum atomic E-state index is 11.9. The molecule has 3 heteroatoms. The van der Waals surface area contributed by atoms with Gasteiger partial charge in [0.05, 0.1) is 5.92 Å². The molecule has 0 aromatic heterocycles. The minimum Gasteiger partial charge on any atom is -0.353 e. The zero-order valence-corrected chi connectivity index (χ0v) is 11.3. The summed E-state index contributed by atoms with van der Waals surface area (Å²) in [5.41, 5.74) is 1.45. The molecule has 102 valence electrons. The number of hydrogen-bond acceptors (Lipinski definition) is 2. The average molecular weight is 258 g/mol. The molecule has 3 rings (SSSR count). The van der Waals surface area contributed by atoms with Crippen molar-refractivity contribution in [2.24, 2.45) is 5.92 Å². The predicted molar refractivity (Wildman–Crippen MR) is 75.9 cm³/mol. The van der Waals surface area contributed by atoms with Gasteiger partial charge in [0.2, 0.25) is 5.91 Å². The van der Waals surface area contributed by atoms with Gasteiger partial charge >= 0.3 is 0 Å². The number of benzene rings is 1. The molecule has 1 heterocycles. The molecule has 1 aromatic carbocycles. The van der Waals surface area contributed by atoms with Crippen molar-refractivity contribution in [3.63, 3.8) is 0 Å². The second kappa shape index (κ2) is 5.74. The largest absolute Gasteiger partial charge is 0.353 e. The predicted octanol–water partition coefficient (Wildman–Crippen LogP) is 2.05. The van der Waals surface area contributed by atoms with Crippen molar-refractivity contribution in [2.45, 2.75) is 37.6 Å². The van der Waals surface area contributed by atoms with E-state index in [4.69, 9.17) is 0 Å². The zero-order chi connectivity index (χ0) is 13.1. The number of nitrogens with one attached hydrogen (secondary N) is 2. The number of carbonyl (C=O) groups excluding carboxylic acids is 1. The highest BCUT2D eigenvalue weighted by Crippen LogP contribution is 2.32. The van der Waals surface area contributed by atoms with Gasteiger partial charge in [0.1, 0.15) is 0 Å². The maximum Gasteiger partial charge on any atom is 0.225 e. The lowest BCUT2D eigenvalue weighted by molar-refractivity contribution is -0.127. The van der Waals surface area contributed by atoms with E-state index in [1.54, 1.807) is 0 Å². The lowest BCUT2D eigenvalue weighted by atomic mass is 9.81. The SMILES string of the molecule is O=C(NC1CCC(c2ccccc2)CC1)C1CNC1. The summed E-state index contributed by atoms with van der Waals surface area (Å²) in [6, 6.07) is 11.2. The Morgan fingerprint density at radius 1 is 1.05 bits per heavy atom. The van der Waals surface area contributed by atoms with E-state index in [1.165, 1.54) is 18.4 Å². The lowest BCUT2D eigenvalue weighted by Gasteiger charge is -2.32. The van der Waals surface area contributed by atoms with Crippen LogP contribution in [-0.4, -0.2) is 25.0 Å². The van der Waals surface area contributed by atoms with Crippen molar-refractivity contribution in [1.29, 1.82) is 0 Å². The van der Waals surface area contributed by atoms with Gasteiger partial charge in [-0.1, -0.05) is 30.3 Å². The second-order valence-electron chi connectivity index (χ2n) is 5.82. The number of carbonyl (C=O) groups is 1. The molecule has 1 aliphatic carbocycles. The molecule has 19 heavy (non-hydrogen) atoms. The molecule has 3 nitrogen and oxygen atoms in total. The topological polar surface area (TPSA) is 41.1 Å². The Balaban J connectivity index is 1.48. The van der Waals surface area contributed by atoms with Crippen molar-refractivity contribution in [2.75, 3.05) is 13.1 Å². The van der Waals surface area contributed by atoms with Crippen LogP contribution in [0.1, 0.15) is 37.2 Å². The third-order valence-electron chi connectivity index (χ3n) is 4.50. The van der Waals surface area contributed by atoms with E-state index in [2.05, 4.69) is 41.0 Å². The van der Waals surface area contributed by atoms with E-state index < -0.39 is 0 Å². The van der Waals surface area contributed by atoms with Crippen LogP contribution in [0.2, 0.25) is 0 Å². The summed E-state index contributed by atoms with van der Waals surface area (Å²) in [5.74, 6) is 1.15. The van der Waals surface area contributed by atoms with Crippen molar-refractivity contribution < 1.29 is 4.79 Å². The van der Waals surface area contributed by atoms with E-state index in [9.17, 15) is 4.79 Å². The standard InChI is InChI=1S/C16H22N2O/c19-16(14-10-17-11-14)18-15-8-6-13(7-9-15)12-4-2-1-3-5-12/h1-5,13-15,17H,6-11H2,(H,18,19). The van der Waals surface area contributed by atoms with Crippen molar-refractivity contribution in [3.05, 3.63) is 35.9 Å². The summed E-state index contributed by atoms with van der Waals surface area (Å²) in [7, 11) is 0. The Morgan fingerprint density at radius 3 is 2.32 bits per heavy atom. The van der Waals surface area contributed by atoms with E-state index >= 15 is 0 Å². The second-order valence-corrected chi connectivity index (χ2v) is 5.82. The summed E-state index contributed by atoms with van der Waals surface area (Å²) < 4.78 is 0. The van der Waals surface area contributed by atoms with E-state index in [0.717, 1.165) is 25.9 Å². The van der Waals surface area contributed by atoms with Crippen LogP contribution in [0.5, 0.6) is 0 Å². The summed E-state index contributed by atoms with van der Waals surface area (Å²) in [5, 5.41) is 6.36. The average Bonchev–Trinajstić information content (AvgIpc) is 2.38. The monoisotopic (exact) mass is 258 g/mol. The molecule has 2 fully saturated rings. The molecule has 1 aromatic rings. The van der Waals surface area contributed by atoms with Gasteiger partial charge in [-0.3, -0.25) is 4.79 Å². The zero-order valence-electron chi connectivity index (χ0n) is 11.3. The molecule has 0 atom stereocenters. The normalized spacial score (nSPS) is 27.6. The number of hydrogen-bond donors (Lipinski definition) is 2. The highest BCUT2D eigenvalue weighted by molar-refractivity contribution is 5.80. The van der Waals surface area contributed by atoms with Crippen molar-refractivity contribution in [1.82, 2.24) is 10.6 Å². The molecule has 2 N–H and O–H groups in total. The first-order valence-corrected chi connectivity index (χ1v) is 7.39. The molecule has 1 saturated heterocycles. The molecule has 0 radical (unpaired) electrons. The fraction of sp³-hybridized carbons (Fsp3) is 0.562. The summed E-state index contributed by atoms with van der Waals surface area (Å²) in [6.07, 6.45) is 4.62. The van der Waals surface area contributed by atoms with Crippen LogP contribution in [0.4, 0.5) is 0 Å². The molecule has 0 bridgehead atoms. The molecular weight excluding hydrogens is 236 g/mol. The minimum atomic E-state index is 0.215. The number of rotatable bonds is 3. The van der Waals surface area contributed by atoms with E-state index in [0.29, 0.717) is 12.0 Å². The molecule has 0 unspecified atom stereocenters. The molecule has 1 aliphatic heterocycles. The fourth-order valence-corrected chi connectivity index (χ4v) is 3.09.